The molecule has 1 saturated heterocycles. The lowest BCUT2D eigenvalue weighted by molar-refractivity contribution is 0.0904. The van der Waals surface area contributed by atoms with E-state index in [9.17, 15) is 12.8 Å². The number of nitrogens with one attached hydrogen (secondary N) is 1. The van der Waals surface area contributed by atoms with Gasteiger partial charge in [-0.15, -0.1) is 0 Å². The van der Waals surface area contributed by atoms with Gasteiger partial charge in [-0.05, 0) is 44.9 Å². The third-order valence-corrected chi connectivity index (χ3v) is 6.47. The fourth-order valence-corrected chi connectivity index (χ4v) is 4.35. The van der Waals surface area contributed by atoms with Gasteiger partial charge in [0.1, 0.15) is 5.82 Å². The van der Waals surface area contributed by atoms with Gasteiger partial charge < -0.3 is 15.0 Å². The smallest absolute Gasteiger partial charge is 0.216 e. The van der Waals surface area contributed by atoms with Crippen molar-refractivity contribution in [3.8, 4) is 0 Å². The van der Waals surface area contributed by atoms with Crippen LogP contribution in [0.2, 0.25) is 0 Å². The number of piperazine rings is 1. The Morgan fingerprint density at radius 2 is 1.86 bits per heavy atom. The Hall–Kier alpha value is -1.71. The molecule has 0 amide bonds. The van der Waals surface area contributed by atoms with E-state index in [4.69, 9.17) is 4.74 Å². The van der Waals surface area contributed by atoms with Crippen molar-refractivity contribution in [1.82, 2.24) is 14.5 Å². The maximum absolute atomic E-state index is 13.0. The van der Waals surface area contributed by atoms with Crippen LogP contribution in [0.1, 0.15) is 26.3 Å². The zero-order chi connectivity index (χ0) is 21.3. The van der Waals surface area contributed by atoms with Crippen LogP contribution in [-0.2, 0) is 21.2 Å². The quantitative estimate of drug-likeness (QED) is 0.479. The fraction of sp³-hybridized carbons (Fsp3) is 0.650. The van der Waals surface area contributed by atoms with Gasteiger partial charge in [0.2, 0.25) is 10.0 Å². The lowest BCUT2D eigenvalue weighted by Gasteiger charge is -2.36. The second kappa shape index (κ2) is 11.5. The predicted octanol–water partition coefficient (Wildman–Crippen LogP) is 1.71. The van der Waals surface area contributed by atoms with Crippen LogP contribution in [0.15, 0.2) is 29.3 Å². The Balaban J connectivity index is 1.87. The van der Waals surface area contributed by atoms with Gasteiger partial charge in [0.15, 0.2) is 5.96 Å². The summed E-state index contributed by atoms with van der Waals surface area (Å²) in [6.07, 6.45) is 0.746. The predicted molar refractivity (Wildman–Crippen MR) is 114 cm³/mol. The van der Waals surface area contributed by atoms with Crippen LogP contribution >= 0.6 is 0 Å². The second-order valence-electron chi connectivity index (χ2n) is 7.23. The molecule has 9 heteroatoms. The summed E-state index contributed by atoms with van der Waals surface area (Å²) in [4.78, 5) is 6.75. The Bertz CT molecular complexity index is 745. The molecular weight excluding hydrogens is 395 g/mol. The Morgan fingerprint density at radius 1 is 1.21 bits per heavy atom. The molecule has 0 unspecified atom stereocenters. The zero-order valence-corrected chi connectivity index (χ0v) is 18.4. The van der Waals surface area contributed by atoms with Gasteiger partial charge in [-0.1, -0.05) is 12.1 Å². The average molecular weight is 429 g/mol. The van der Waals surface area contributed by atoms with Gasteiger partial charge in [-0.2, -0.15) is 4.31 Å². The summed E-state index contributed by atoms with van der Waals surface area (Å²) in [7, 11) is -3.31. The molecule has 1 N–H and O–H groups in total. The third-order valence-electron chi connectivity index (χ3n) is 4.63. The standard InChI is InChI=1S/C20H33FN4O3S/c1-4-22-20(23-10-9-18-5-7-19(21)8-6-18)24-11-13-25(14-12-24)29(26,27)16-15-28-17(2)3/h5-8,17H,4,9-16H2,1-3H3,(H,22,23). The minimum absolute atomic E-state index is 0.0109. The van der Waals surface area contributed by atoms with Crippen LogP contribution in [0.5, 0.6) is 0 Å². The average Bonchev–Trinajstić information content (AvgIpc) is 2.68. The van der Waals surface area contributed by atoms with Crippen LogP contribution in [-0.4, -0.2) is 81.3 Å². The molecule has 0 bridgehead atoms. The number of hydrogen-bond acceptors (Lipinski definition) is 4. The molecule has 0 spiro atoms. The van der Waals surface area contributed by atoms with E-state index in [-0.39, 0.29) is 24.3 Å². The van der Waals surface area contributed by atoms with Crippen molar-refractivity contribution >= 4 is 16.0 Å². The molecule has 1 aliphatic rings. The first kappa shape index (κ1) is 23.6. The van der Waals surface area contributed by atoms with Crippen molar-refractivity contribution < 1.29 is 17.5 Å². The molecule has 0 radical (unpaired) electrons. The van der Waals surface area contributed by atoms with Crippen molar-refractivity contribution in [2.24, 2.45) is 4.99 Å². The molecular formula is C20H33FN4O3S. The molecule has 1 aromatic carbocycles. The summed E-state index contributed by atoms with van der Waals surface area (Å²) in [6.45, 7) is 9.38. The van der Waals surface area contributed by atoms with Crippen molar-refractivity contribution in [3.63, 3.8) is 0 Å². The zero-order valence-electron chi connectivity index (χ0n) is 17.6. The van der Waals surface area contributed by atoms with Crippen molar-refractivity contribution in [2.45, 2.75) is 33.3 Å². The molecule has 0 atom stereocenters. The van der Waals surface area contributed by atoms with E-state index >= 15 is 0 Å². The van der Waals surface area contributed by atoms with E-state index in [1.165, 1.54) is 16.4 Å². The van der Waals surface area contributed by atoms with Gasteiger partial charge in [0, 0.05) is 39.3 Å². The first-order valence-electron chi connectivity index (χ1n) is 10.2. The summed E-state index contributed by atoms with van der Waals surface area (Å²) in [6, 6.07) is 6.45. The maximum Gasteiger partial charge on any atom is 0.216 e. The van der Waals surface area contributed by atoms with Crippen molar-refractivity contribution in [3.05, 3.63) is 35.6 Å². The topological polar surface area (TPSA) is 74.2 Å². The molecule has 1 aliphatic heterocycles. The van der Waals surface area contributed by atoms with Gasteiger partial charge in [-0.25, -0.2) is 12.8 Å². The van der Waals surface area contributed by atoms with Crippen LogP contribution in [0.4, 0.5) is 4.39 Å². The highest BCUT2D eigenvalue weighted by Crippen LogP contribution is 2.10. The summed E-state index contributed by atoms with van der Waals surface area (Å²) < 4.78 is 44.9. The Morgan fingerprint density at radius 3 is 2.45 bits per heavy atom. The van der Waals surface area contributed by atoms with Crippen LogP contribution in [0.25, 0.3) is 0 Å². The molecule has 1 aromatic rings. The molecule has 164 valence electrons. The monoisotopic (exact) mass is 428 g/mol. The lowest BCUT2D eigenvalue weighted by atomic mass is 10.1. The van der Waals surface area contributed by atoms with Gasteiger partial charge in [0.05, 0.1) is 18.5 Å². The number of hydrogen-bond donors (Lipinski definition) is 1. The number of guanidine groups is 1. The Labute approximate surface area is 174 Å². The molecule has 2 rings (SSSR count). The third kappa shape index (κ3) is 7.91. The van der Waals surface area contributed by atoms with E-state index < -0.39 is 10.0 Å². The molecule has 1 heterocycles. The van der Waals surface area contributed by atoms with Crippen LogP contribution < -0.4 is 5.32 Å². The highest BCUT2D eigenvalue weighted by molar-refractivity contribution is 7.89. The molecule has 7 nitrogen and oxygen atoms in total. The van der Waals surface area contributed by atoms with E-state index in [0.717, 1.165) is 24.5 Å². The molecule has 0 aromatic heterocycles. The van der Waals surface area contributed by atoms with E-state index in [0.29, 0.717) is 32.7 Å². The second-order valence-corrected chi connectivity index (χ2v) is 9.32. The maximum atomic E-state index is 13.0. The highest BCUT2D eigenvalue weighted by atomic mass is 32.2. The summed E-state index contributed by atoms with van der Waals surface area (Å²) in [5.74, 6) is 0.556. The normalized spacial score (nSPS) is 16.4. The van der Waals surface area contributed by atoms with E-state index in [1.807, 2.05) is 20.8 Å². The van der Waals surface area contributed by atoms with Gasteiger partial charge in [0.25, 0.3) is 0 Å². The van der Waals surface area contributed by atoms with Crippen LogP contribution in [0.3, 0.4) is 0 Å². The molecule has 0 saturated carbocycles. The summed E-state index contributed by atoms with van der Waals surface area (Å²) >= 11 is 0. The number of aliphatic imine (C=N–C) groups is 1. The molecule has 0 aliphatic carbocycles. The number of rotatable bonds is 9. The molecule has 1 fully saturated rings. The number of benzene rings is 1. The largest absolute Gasteiger partial charge is 0.378 e. The number of sulfonamides is 1. The van der Waals surface area contributed by atoms with Gasteiger partial charge in [-0.3, -0.25) is 4.99 Å². The van der Waals surface area contributed by atoms with Gasteiger partial charge >= 0.3 is 0 Å². The highest BCUT2D eigenvalue weighted by Gasteiger charge is 2.27. The summed E-state index contributed by atoms with van der Waals surface area (Å²) in [5, 5.41) is 3.28. The number of halogens is 1. The summed E-state index contributed by atoms with van der Waals surface area (Å²) in [5.41, 5.74) is 1.03. The van der Waals surface area contributed by atoms with E-state index in [1.54, 1.807) is 12.1 Å². The number of nitrogens with zero attached hydrogens (tertiary/aromatic N) is 3. The first-order valence-corrected chi connectivity index (χ1v) is 11.8. The van der Waals surface area contributed by atoms with Crippen molar-refractivity contribution in [2.75, 3.05) is 51.6 Å². The molecule has 29 heavy (non-hydrogen) atoms. The first-order chi connectivity index (χ1) is 13.8. The van der Waals surface area contributed by atoms with E-state index in [2.05, 4.69) is 15.2 Å². The SMILES string of the molecule is CCNC(=NCCc1ccc(F)cc1)N1CCN(S(=O)(=O)CCOC(C)C)CC1. The lowest BCUT2D eigenvalue weighted by Crippen LogP contribution is -2.54. The minimum atomic E-state index is -3.31. The Kier molecular flexibility index (Phi) is 9.32. The van der Waals surface area contributed by atoms with Crippen LogP contribution in [0, 0.1) is 5.82 Å². The number of ether oxygens (including phenoxy) is 1. The van der Waals surface area contributed by atoms with Crippen molar-refractivity contribution in [1.29, 1.82) is 0 Å². The fourth-order valence-electron chi connectivity index (χ4n) is 3.06. The minimum Gasteiger partial charge on any atom is -0.378 e.